The zero-order valence-corrected chi connectivity index (χ0v) is 18.1. The van der Waals surface area contributed by atoms with E-state index in [4.69, 9.17) is 4.74 Å². The lowest BCUT2D eigenvalue weighted by atomic mass is 10.1. The van der Waals surface area contributed by atoms with E-state index >= 15 is 0 Å². The number of nitrogens with zero attached hydrogens (tertiary/aromatic N) is 2. The van der Waals surface area contributed by atoms with Gasteiger partial charge in [0.2, 0.25) is 0 Å². The Hall–Kier alpha value is -1.83. The predicted octanol–water partition coefficient (Wildman–Crippen LogP) is 3.99. The van der Waals surface area contributed by atoms with Gasteiger partial charge in [-0.05, 0) is 30.5 Å². The summed E-state index contributed by atoms with van der Waals surface area (Å²) in [5, 5.41) is 6.60. The van der Waals surface area contributed by atoms with Gasteiger partial charge in [-0.3, -0.25) is 9.98 Å². The fourth-order valence-electron chi connectivity index (χ4n) is 2.27. The van der Waals surface area contributed by atoms with Gasteiger partial charge < -0.3 is 15.4 Å². The van der Waals surface area contributed by atoms with Gasteiger partial charge in [0.15, 0.2) is 5.96 Å². The van der Waals surface area contributed by atoms with Crippen molar-refractivity contribution in [1.29, 1.82) is 0 Å². The highest BCUT2D eigenvalue weighted by Crippen LogP contribution is 2.18. The quantitative estimate of drug-likeness (QED) is 0.350. The van der Waals surface area contributed by atoms with Crippen LogP contribution in [0.4, 0.5) is 0 Å². The van der Waals surface area contributed by atoms with Crippen LogP contribution in [0.5, 0.6) is 5.75 Å². The van der Waals surface area contributed by atoms with Crippen LogP contribution in [-0.4, -0.2) is 24.6 Å². The minimum atomic E-state index is 0. The van der Waals surface area contributed by atoms with Crippen LogP contribution < -0.4 is 15.4 Å². The molecule has 0 aliphatic heterocycles. The molecule has 0 bridgehead atoms. The van der Waals surface area contributed by atoms with Crippen LogP contribution in [0.1, 0.15) is 31.5 Å². The molecular formula is C20H29IN4O. The Morgan fingerprint density at radius 3 is 2.50 bits per heavy atom. The van der Waals surface area contributed by atoms with Gasteiger partial charge in [-0.2, -0.15) is 0 Å². The topological polar surface area (TPSA) is 58.5 Å². The van der Waals surface area contributed by atoms with Crippen molar-refractivity contribution in [2.45, 2.75) is 33.4 Å². The Kier molecular flexibility index (Phi) is 10.7. The van der Waals surface area contributed by atoms with Gasteiger partial charge in [0.25, 0.3) is 0 Å². The van der Waals surface area contributed by atoms with E-state index < -0.39 is 0 Å². The summed E-state index contributed by atoms with van der Waals surface area (Å²) in [6.45, 7) is 6.43. The van der Waals surface area contributed by atoms with Crippen molar-refractivity contribution < 1.29 is 4.74 Å². The molecule has 1 aromatic carbocycles. The summed E-state index contributed by atoms with van der Waals surface area (Å²) in [5.41, 5.74) is 2.09. The van der Waals surface area contributed by atoms with Gasteiger partial charge in [-0.1, -0.05) is 38.1 Å². The number of rotatable bonds is 8. The van der Waals surface area contributed by atoms with E-state index in [-0.39, 0.29) is 24.0 Å². The molecule has 1 heterocycles. The number of guanidine groups is 1. The second-order valence-electron chi connectivity index (χ2n) is 6.24. The maximum absolute atomic E-state index is 5.93. The Bertz CT molecular complexity index is 662. The summed E-state index contributed by atoms with van der Waals surface area (Å²) in [7, 11) is 1.76. The Morgan fingerprint density at radius 1 is 1.08 bits per heavy atom. The predicted molar refractivity (Wildman–Crippen MR) is 118 cm³/mol. The lowest BCUT2D eigenvalue weighted by Gasteiger charge is -2.15. The zero-order chi connectivity index (χ0) is 17.9. The molecular weight excluding hydrogens is 439 g/mol. The van der Waals surface area contributed by atoms with Gasteiger partial charge in [0.05, 0.1) is 18.8 Å². The summed E-state index contributed by atoms with van der Waals surface area (Å²) in [6, 6.07) is 14.0. The molecule has 0 amide bonds. The molecule has 1 aromatic heterocycles. The van der Waals surface area contributed by atoms with Crippen LogP contribution in [-0.2, 0) is 13.1 Å². The smallest absolute Gasteiger partial charge is 0.191 e. The van der Waals surface area contributed by atoms with Gasteiger partial charge >= 0.3 is 0 Å². The summed E-state index contributed by atoms with van der Waals surface area (Å²) in [4.78, 5) is 8.56. The van der Waals surface area contributed by atoms with Crippen molar-refractivity contribution in [1.82, 2.24) is 15.6 Å². The molecule has 0 saturated carbocycles. The first kappa shape index (κ1) is 22.2. The number of hydrogen-bond acceptors (Lipinski definition) is 3. The average molecular weight is 468 g/mol. The molecule has 2 N–H and O–H groups in total. The highest BCUT2D eigenvalue weighted by atomic mass is 127. The maximum Gasteiger partial charge on any atom is 0.191 e. The fraction of sp³-hybridized carbons (Fsp3) is 0.400. The molecule has 0 radical (unpaired) electrons. The van der Waals surface area contributed by atoms with Crippen molar-refractivity contribution in [2.75, 3.05) is 13.7 Å². The first-order valence-electron chi connectivity index (χ1n) is 8.74. The van der Waals surface area contributed by atoms with E-state index in [1.165, 1.54) is 0 Å². The van der Waals surface area contributed by atoms with Crippen LogP contribution in [0.15, 0.2) is 53.7 Å². The first-order valence-corrected chi connectivity index (χ1v) is 8.74. The Morgan fingerprint density at radius 2 is 1.81 bits per heavy atom. The minimum absolute atomic E-state index is 0. The van der Waals surface area contributed by atoms with Crippen LogP contribution in [0, 0.1) is 5.92 Å². The second kappa shape index (κ2) is 12.5. The summed E-state index contributed by atoms with van der Waals surface area (Å²) in [5.74, 6) is 2.30. The van der Waals surface area contributed by atoms with E-state index in [1.807, 2.05) is 36.4 Å². The molecule has 0 saturated heterocycles. The third-order valence-corrected chi connectivity index (χ3v) is 3.76. The number of aliphatic imine (C=N–C) groups is 1. The molecule has 2 aromatic rings. The van der Waals surface area contributed by atoms with Crippen molar-refractivity contribution in [3.05, 3.63) is 59.9 Å². The highest BCUT2D eigenvalue weighted by molar-refractivity contribution is 14.0. The number of aromatic nitrogens is 1. The third-order valence-electron chi connectivity index (χ3n) is 3.76. The van der Waals surface area contributed by atoms with Crippen LogP contribution in [0.25, 0.3) is 0 Å². The van der Waals surface area contributed by atoms with E-state index in [0.29, 0.717) is 19.0 Å². The van der Waals surface area contributed by atoms with E-state index in [9.17, 15) is 0 Å². The Labute approximate surface area is 173 Å². The van der Waals surface area contributed by atoms with E-state index in [0.717, 1.165) is 36.0 Å². The molecule has 5 nitrogen and oxygen atoms in total. The highest BCUT2D eigenvalue weighted by Gasteiger charge is 2.05. The monoisotopic (exact) mass is 468 g/mol. The molecule has 0 fully saturated rings. The van der Waals surface area contributed by atoms with Crippen molar-refractivity contribution in [3.8, 4) is 5.75 Å². The molecule has 0 aliphatic rings. The van der Waals surface area contributed by atoms with Crippen molar-refractivity contribution in [2.24, 2.45) is 10.9 Å². The average Bonchev–Trinajstić information content (AvgIpc) is 2.63. The van der Waals surface area contributed by atoms with Crippen LogP contribution in [0.3, 0.4) is 0 Å². The molecule has 2 rings (SSSR count). The van der Waals surface area contributed by atoms with Crippen LogP contribution >= 0.6 is 24.0 Å². The fourth-order valence-corrected chi connectivity index (χ4v) is 2.27. The Balaban J connectivity index is 0.00000338. The molecule has 0 spiro atoms. The molecule has 26 heavy (non-hydrogen) atoms. The number of halogens is 1. The molecule has 0 aliphatic carbocycles. The van der Waals surface area contributed by atoms with Gasteiger partial charge in [0.1, 0.15) is 5.75 Å². The minimum Gasteiger partial charge on any atom is -0.493 e. The van der Waals surface area contributed by atoms with Crippen LogP contribution in [0.2, 0.25) is 0 Å². The summed E-state index contributed by atoms with van der Waals surface area (Å²) >= 11 is 0. The lowest BCUT2D eigenvalue weighted by molar-refractivity contribution is 0.286. The maximum atomic E-state index is 5.93. The molecule has 0 atom stereocenters. The van der Waals surface area contributed by atoms with E-state index in [2.05, 4.69) is 40.5 Å². The van der Waals surface area contributed by atoms with Crippen molar-refractivity contribution in [3.63, 3.8) is 0 Å². The number of ether oxygens (including phenoxy) is 1. The third kappa shape index (κ3) is 8.03. The standard InChI is InChI=1S/C20H28N4O.HI/c1-16(2)11-13-25-19-10-5-4-8-17(19)14-23-20(21-3)24-15-18-9-6-7-12-22-18;/h4-10,12,16H,11,13-15H2,1-3H3,(H2,21,23,24);1H. The molecule has 0 unspecified atom stereocenters. The summed E-state index contributed by atoms with van der Waals surface area (Å²) in [6.07, 6.45) is 2.84. The first-order chi connectivity index (χ1) is 12.2. The second-order valence-corrected chi connectivity index (χ2v) is 6.24. The number of hydrogen-bond donors (Lipinski definition) is 2. The number of benzene rings is 1. The zero-order valence-electron chi connectivity index (χ0n) is 15.7. The summed E-state index contributed by atoms with van der Waals surface area (Å²) < 4.78 is 5.93. The molecule has 142 valence electrons. The van der Waals surface area contributed by atoms with Gasteiger partial charge in [-0.15, -0.1) is 24.0 Å². The number of para-hydroxylation sites is 1. The normalized spacial score (nSPS) is 11.0. The van der Waals surface area contributed by atoms with Crippen molar-refractivity contribution >= 4 is 29.9 Å². The largest absolute Gasteiger partial charge is 0.493 e. The lowest BCUT2D eigenvalue weighted by Crippen LogP contribution is -2.36. The number of nitrogens with one attached hydrogen (secondary N) is 2. The SMILES string of the molecule is CN=C(NCc1ccccn1)NCc1ccccc1OCCC(C)C.I. The molecule has 6 heteroatoms. The van der Waals surface area contributed by atoms with Gasteiger partial charge in [-0.25, -0.2) is 0 Å². The number of pyridine rings is 1. The van der Waals surface area contributed by atoms with Gasteiger partial charge in [0, 0.05) is 25.4 Å². The van der Waals surface area contributed by atoms with E-state index in [1.54, 1.807) is 13.2 Å².